The fraction of sp³-hybridized carbons (Fsp3) is 0.267. The number of sulfone groups is 1. The Balaban J connectivity index is 1.90. The van der Waals surface area contributed by atoms with Gasteiger partial charge in [0, 0.05) is 29.1 Å². The Morgan fingerprint density at radius 1 is 1.23 bits per heavy atom. The molecule has 0 saturated carbocycles. The Bertz CT molecular complexity index is 897. The zero-order valence-corrected chi connectivity index (χ0v) is 13.0. The number of hydrogen-bond donors (Lipinski definition) is 0. The van der Waals surface area contributed by atoms with Crippen LogP contribution in [0.4, 0.5) is 0 Å². The molecule has 0 unspecified atom stereocenters. The van der Waals surface area contributed by atoms with Gasteiger partial charge in [0.15, 0.2) is 9.84 Å². The molecule has 2 aromatic heterocycles. The summed E-state index contributed by atoms with van der Waals surface area (Å²) < 4.78 is 24.7. The highest BCUT2D eigenvalue weighted by molar-refractivity contribution is 7.91. The molecule has 0 aliphatic heterocycles. The molecule has 0 N–H and O–H groups in total. The molecule has 2 heterocycles. The summed E-state index contributed by atoms with van der Waals surface area (Å²) in [4.78, 5) is 4.11. The molecular formula is C15H16N4O2S. The van der Waals surface area contributed by atoms with Gasteiger partial charge in [-0.25, -0.2) is 8.42 Å². The Labute approximate surface area is 128 Å². The van der Waals surface area contributed by atoms with Crippen LogP contribution in [-0.4, -0.2) is 39.9 Å². The van der Waals surface area contributed by atoms with Gasteiger partial charge in [-0.2, -0.15) is 0 Å². The van der Waals surface area contributed by atoms with Gasteiger partial charge in [0.1, 0.15) is 5.69 Å². The molecule has 6 nitrogen and oxygen atoms in total. The lowest BCUT2D eigenvalue weighted by Crippen LogP contribution is -2.14. The van der Waals surface area contributed by atoms with Crippen molar-refractivity contribution < 1.29 is 8.42 Å². The van der Waals surface area contributed by atoms with Gasteiger partial charge in [-0.3, -0.25) is 9.67 Å². The second-order valence-electron chi connectivity index (χ2n) is 5.01. The van der Waals surface area contributed by atoms with Crippen molar-refractivity contribution in [3.05, 3.63) is 42.9 Å². The van der Waals surface area contributed by atoms with Crippen molar-refractivity contribution in [3.63, 3.8) is 0 Å². The van der Waals surface area contributed by atoms with Crippen LogP contribution < -0.4 is 0 Å². The van der Waals surface area contributed by atoms with Crippen LogP contribution >= 0.6 is 0 Å². The van der Waals surface area contributed by atoms with Crippen molar-refractivity contribution in [2.75, 3.05) is 11.5 Å². The van der Waals surface area contributed by atoms with Gasteiger partial charge in [0.2, 0.25) is 0 Å². The van der Waals surface area contributed by atoms with Gasteiger partial charge in [-0.15, -0.1) is 5.10 Å². The lowest BCUT2D eigenvalue weighted by Gasteiger charge is -2.02. The Morgan fingerprint density at radius 3 is 2.91 bits per heavy atom. The SMILES string of the molecule is CCS(=O)(=O)CCn1cc(-c2cccc3cnccc23)nn1. The van der Waals surface area contributed by atoms with E-state index in [-0.39, 0.29) is 11.5 Å². The zero-order chi connectivity index (χ0) is 15.6. The van der Waals surface area contributed by atoms with Crippen LogP contribution in [0.5, 0.6) is 0 Å². The molecule has 0 amide bonds. The van der Waals surface area contributed by atoms with E-state index in [0.717, 1.165) is 22.0 Å². The first kappa shape index (κ1) is 14.6. The maximum Gasteiger partial charge on any atom is 0.151 e. The van der Waals surface area contributed by atoms with Crippen LogP contribution in [-0.2, 0) is 16.4 Å². The number of nitrogens with zero attached hydrogens (tertiary/aromatic N) is 4. The van der Waals surface area contributed by atoms with Crippen LogP contribution in [0.3, 0.4) is 0 Å². The average Bonchev–Trinajstić information content (AvgIpc) is 3.01. The van der Waals surface area contributed by atoms with Crippen molar-refractivity contribution in [2.45, 2.75) is 13.5 Å². The topological polar surface area (TPSA) is 77.7 Å². The predicted molar refractivity (Wildman–Crippen MR) is 85.1 cm³/mol. The minimum Gasteiger partial charge on any atom is -0.264 e. The predicted octanol–water partition coefficient (Wildman–Crippen LogP) is 1.93. The van der Waals surface area contributed by atoms with Gasteiger partial charge >= 0.3 is 0 Å². The number of pyridine rings is 1. The smallest absolute Gasteiger partial charge is 0.151 e. The molecular weight excluding hydrogens is 300 g/mol. The van der Waals surface area contributed by atoms with Gasteiger partial charge in [-0.1, -0.05) is 30.3 Å². The summed E-state index contributed by atoms with van der Waals surface area (Å²) in [6, 6.07) is 7.84. The molecule has 0 bridgehead atoms. The summed E-state index contributed by atoms with van der Waals surface area (Å²) in [5.41, 5.74) is 1.69. The van der Waals surface area contributed by atoms with Crippen LogP contribution in [0.15, 0.2) is 42.9 Å². The van der Waals surface area contributed by atoms with Gasteiger partial charge < -0.3 is 0 Å². The van der Waals surface area contributed by atoms with E-state index in [4.69, 9.17) is 0 Å². The molecule has 0 spiro atoms. The maximum atomic E-state index is 11.6. The number of fused-ring (bicyclic) bond motifs is 1. The molecule has 7 heteroatoms. The minimum absolute atomic E-state index is 0.0752. The molecule has 22 heavy (non-hydrogen) atoms. The standard InChI is InChI=1S/C15H16N4O2S/c1-2-22(20,21)9-8-19-11-15(17-18-19)14-5-3-4-12-10-16-7-6-13(12)14/h3-7,10-11H,2,8-9H2,1H3. The second kappa shape index (κ2) is 5.84. The number of hydrogen-bond acceptors (Lipinski definition) is 5. The fourth-order valence-corrected chi connectivity index (χ4v) is 3.01. The quantitative estimate of drug-likeness (QED) is 0.718. The van der Waals surface area contributed by atoms with Crippen LogP contribution in [0.25, 0.3) is 22.0 Å². The summed E-state index contributed by atoms with van der Waals surface area (Å²) in [5.74, 6) is 0.219. The molecule has 114 valence electrons. The molecule has 3 rings (SSSR count). The van der Waals surface area contributed by atoms with E-state index in [9.17, 15) is 8.42 Å². The Hall–Kier alpha value is -2.28. The van der Waals surface area contributed by atoms with Crippen LogP contribution in [0, 0.1) is 0 Å². The maximum absolute atomic E-state index is 11.6. The number of rotatable bonds is 5. The van der Waals surface area contributed by atoms with Crippen LogP contribution in [0.1, 0.15) is 6.92 Å². The number of benzene rings is 1. The van der Waals surface area contributed by atoms with Crippen LogP contribution in [0.2, 0.25) is 0 Å². The third-order valence-electron chi connectivity index (χ3n) is 3.57. The van der Waals surface area contributed by atoms with Crippen molar-refractivity contribution in [1.29, 1.82) is 0 Å². The highest BCUT2D eigenvalue weighted by Gasteiger charge is 2.11. The minimum atomic E-state index is -3.00. The highest BCUT2D eigenvalue weighted by Crippen LogP contribution is 2.26. The normalized spacial score (nSPS) is 11.9. The van der Waals surface area contributed by atoms with Crippen molar-refractivity contribution >= 4 is 20.6 Å². The van der Waals surface area contributed by atoms with E-state index >= 15 is 0 Å². The Kier molecular flexibility index (Phi) is 3.89. The van der Waals surface area contributed by atoms with E-state index in [1.54, 1.807) is 30.2 Å². The largest absolute Gasteiger partial charge is 0.264 e. The third-order valence-corrected chi connectivity index (χ3v) is 5.25. The second-order valence-corrected chi connectivity index (χ2v) is 7.48. The summed E-state index contributed by atoms with van der Waals surface area (Å²) in [6.07, 6.45) is 5.32. The molecule has 1 aromatic carbocycles. The van der Waals surface area contributed by atoms with E-state index in [1.807, 2.05) is 24.3 Å². The fourth-order valence-electron chi connectivity index (χ4n) is 2.25. The van der Waals surface area contributed by atoms with E-state index in [2.05, 4.69) is 15.3 Å². The first-order chi connectivity index (χ1) is 10.6. The van der Waals surface area contributed by atoms with Crippen molar-refractivity contribution in [1.82, 2.24) is 20.0 Å². The van der Waals surface area contributed by atoms with Gasteiger partial charge in [0.25, 0.3) is 0 Å². The first-order valence-corrected chi connectivity index (χ1v) is 8.85. The van der Waals surface area contributed by atoms with E-state index in [1.165, 1.54) is 0 Å². The lowest BCUT2D eigenvalue weighted by atomic mass is 10.0. The average molecular weight is 316 g/mol. The van der Waals surface area contributed by atoms with Crippen molar-refractivity contribution in [3.8, 4) is 11.3 Å². The molecule has 0 fully saturated rings. The monoisotopic (exact) mass is 316 g/mol. The molecule has 0 radical (unpaired) electrons. The lowest BCUT2D eigenvalue weighted by molar-refractivity contribution is 0.576. The summed E-state index contributed by atoms with van der Waals surface area (Å²) >= 11 is 0. The van der Waals surface area contributed by atoms with E-state index in [0.29, 0.717) is 6.54 Å². The number of aromatic nitrogens is 4. The zero-order valence-electron chi connectivity index (χ0n) is 12.2. The molecule has 0 atom stereocenters. The van der Waals surface area contributed by atoms with Gasteiger partial charge in [0.05, 0.1) is 18.5 Å². The third kappa shape index (κ3) is 2.99. The van der Waals surface area contributed by atoms with Crippen molar-refractivity contribution in [2.24, 2.45) is 0 Å². The number of aryl methyl sites for hydroxylation is 1. The summed E-state index contributed by atoms with van der Waals surface area (Å²) in [7, 11) is -3.00. The summed E-state index contributed by atoms with van der Waals surface area (Å²) in [5, 5.41) is 10.3. The summed E-state index contributed by atoms with van der Waals surface area (Å²) in [6.45, 7) is 1.96. The first-order valence-electron chi connectivity index (χ1n) is 7.03. The molecule has 0 aliphatic carbocycles. The molecule has 0 saturated heterocycles. The highest BCUT2D eigenvalue weighted by atomic mass is 32.2. The molecule has 3 aromatic rings. The molecule has 0 aliphatic rings. The van der Waals surface area contributed by atoms with Gasteiger partial charge in [-0.05, 0) is 11.5 Å². The van der Waals surface area contributed by atoms with E-state index < -0.39 is 9.84 Å². The Morgan fingerprint density at radius 2 is 2.09 bits per heavy atom.